The van der Waals surface area contributed by atoms with Gasteiger partial charge in [0.1, 0.15) is 0 Å². The lowest BCUT2D eigenvalue weighted by molar-refractivity contribution is 0.0664. The highest BCUT2D eigenvalue weighted by Crippen LogP contribution is 2.34. The van der Waals surface area contributed by atoms with E-state index in [0.29, 0.717) is 6.54 Å². The Morgan fingerprint density at radius 2 is 2.07 bits per heavy atom. The maximum absolute atomic E-state index is 11.5. The normalized spacial score (nSPS) is 39.9. The number of hydrogen-bond donors (Lipinski definition) is 1. The minimum Gasteiger partial charge on any atom is -0.392 e. The van der Waals surface area contributed by atoms with E-state index in [1.807, 2.05) is 6.92 Å². The van der Waals surface area contributed by atoms with Crippen LogP contribution in [0.5, 0.6) is 0 Å². The van der Waals surface area contributed by atoms with E-state index in [9.17, 15) is 13.5 Å². The van der Waals surface area contributed by atoms with Crippen molar-refractivity contribution in [1.82, 2.24) is 4.90 Å². The van der Waals surface area contributed by atoms with Crippen LogP contribution >= 0.6 is 0 Å². The molecule has 2 saturated heterocycles. The SMILES string of the molecule is CC(O)C(C)N1CC2CC1CS2(=O)=O. The first-order valence-electron chi connectivity index (χ1n) is 5.07. The molecule has 1 N–H and O–H groups in total. The fourth-order valence-corrected chi connectivity index (χ4v) is 4.55. The Labute approximate surface area is 84.8 Å². The quantitative estimate of drug-likeness (QED) is 0.688. The number of nitrogens with zero attached hydrogens (tertiary/aromatic N) is 1. The highest BCUT2D eigenvalue weighted by molar-refractivity contribution is 7.92. The number of aliphatic hydroxyl groups is 1. The van der Waals surface area contributed by atoms with Gasteiger partial charge in [0.25, 0.3) is 0 Å². The van der Waals surface area contributed by atoms with Gasteiger partial charge in [0, 0.05) is 18.6 Å². The highest BCUT2D eigenvalue weighted by atomic mass is 32.2. The van der Waals surface area contributed by atoms with E-state index >= 15 is 0 Å². The zero-order valence-corrected chi connectivity index (χ0v) is 9.37. The number of hydrogen-bond acceptors (Lipinski definition) is 4. The van der Waals surface area contributed by atoms with Crippen LogP contribution in [0.1, 0.15) is 20.3 Å². The number of likely N-dealkylation sites (tertiary alicyclic amines) is 1. The second-order valence-electron chi connectivity index (χ2n) is 4.52. The molecule has 0 aliphatic carbocycles. The number of sulfone groups is 1. The van der Waals surface area contributed by atoms with E-state index in [4.69, 9.17) is 0 Å². The summed E-state index contributed by atoms with van der Waals surface area (Å²) in [5.41, 5.74) is 0. The lowest BCUT2D eigenvalue weighted by atomic mass is 10.1. The molecule has 0 aromatic rings. The van der Waals surface area contributed by atoms with Crippen LogP contribution in [0.3, 0.4) is 0 Å². The molecule has 0 aromatic carbocycles. The van der Waals surface area contributed by atoms with Crippen molar-refractivity contribution < 1.29 is 13.5 Å². The van der Waals surface area contributed by atoms with Crippen molar-refractivity contribution in [2.45, 2.75) is 43.7 Å². The minimum atomic E-state index is -2.80. The van der Waals surface area contributed by atoms with Gasteiger partial charge < -0.3 is 5.11 Å². The van der Waals surface area contributed by atoms with Crippen molar-refractivity contribution in [2.75, 3.05) is 12.3 Å². The first-order chi connectivity index (χ1) is 6.42. The van der Waals surface area contributed by atoms with Crippen molar-refractivity contribution >= 4 is 9.84 Å². The van der Waals surface area contributed by atoms with Crippen LogP contribution in [0.25, 0.3) is 0 Å². The van der Waals surface area contributed by atoms with E-state index in [1.54, 1.807) is 6.92 Å². The van der Waals surface area contributed by atoms with E-state index in [2.05, 4.69) is 4.90 Å². The summed E-state index contributed by atoms with van der Waals surface area (Å²) in [4.78, 5) is 2.14. The van der Waals surface area contributed by atoms with E-state index in [0.717, 1.165) is 6.42 Å². The Morgan fingerprint density at radius 1 is 1.43 bits per heavy atom. The van der Waals surface area contributed by atoms with Crippen LogP contribution in [0.2, 0.25) is 0 Å². The molecular formula is C9H17NO3S. The predicted octanol–water partition coefficient (Wildman–Crippen LogP) is -0.373. The molecule has 4 unspecified atom stereocenters. The fraction of sp³-hybridized carbons (Fsp3) is 1.00. The summed E-state index contributed by atoms with van der Waals surface area (Å²) < 4.78 is 22.9. The molecule has 5 heteroatoms. The number of rotatable bonds is 2. The second kappa shape index (κ2) is 3.18. The average molecular weight is 219 g/mol. The van der Waals surface area contributed by atoms with E-state index in [-0.39, 0.29) is 23.1 Å². The zero-order chi connectivity index (χ0) is 10.5. The summed E-state index contributed by atoms with van der Waals surface area (Å²) in [7, 11) is -2.80. The van der Waals surface area contributed by atoms with Crippen LogP contribution in [0.15, 0.2) is 0 Å². The highest BCUT2D eigenvalue weighted by Gasteiger charge is 2.49. The summed E-state index contributed by atoms with van der Waals surface area (Å²) >= 11 is 0. The molecule has 4 nitrogen and oxygen atoms in total. The third-order valence-corrected chi connectivity index (χ3v) is 5.78. The Balaban J connectivity index is 2.10. The third kappa shape index (κ3) is 1.47. The standard InChI is InChI=1S/C9H17NO3S/c1-6(7(2)11)10-4-9-3-8(10)5-14(9,12)13/h6-9,11H,3-5H2,1-2H3. The van der Waals surface area contributed by atoms with Crippen molar-refractivity contribution in [3.63, 3.8) is 0 Å². The van der Waals surface area contributed by atoms with Gasteiger partial charge in [-0.05, 0) is 20.3 Å². The van der Waals surface area contributed by atoms with Crippen molar-refractivity contribution in [2.24, 2.45) is 0 Å². The summed E-state index contributed by atoms with van der Waals surface area (Å²) in [6.07, 6.45) is 0.372. The molecule has 2 aliphatic rings. The smallest absolute Gasteiger partial charge is 0.156 e. The Bertz CT molecular complexity index is 325. The van der Waals surface area contributed by atoms with Gasteiger partial charge in [-0.2, -0.15) is 0 Å². The van der Waals surface area contributed by atoms with Gasteiger partial charge in [-0.15, -0.1) is 0 Å². The summed E-state index contributed by atoms with van der Waals surface area (Å²) in [6.45, 7) is 4.32. The van der Waals surface area contributed by atoms with Gasteiger partial charge >= 0.3 is 0 Å². The number of aliphatic hydroxyl groups excluding tert-OH is 1. The molecule has 2 aliphatic heterocycles. The fourth-order valence-electron chi connectivity index (χ4n) is 2.50. The molecule has 0 aromatic heterocycles. The van der Waals surface area contributed by atoms with Gasteiger partial charge in [-0.3, -0.25) is 4.90 Å². The van der Waals surface area contributed by atoms with Crippen LogP contribution in [0, 0.1) is 0 Å². The maximum Gasteiger partial charge on any atom is 0.156 e. The minimum absolute atomic E-state index is 0.0699. The molecule has 4 atom stereocenters. The Morgan fingerprint density at radius 3 is 2.43 bits per heavy atom. The van der Waals surface area contributed by atoms with Gasteiger partial charge in [0.05, 0.1) is 17.1 Å². The molecule has 0 amide bonds. The summed E-state index contributed by atoms with van der Waals surface area (Å²) in [5, 5.41) is 9.28. The topological polar surface area (TPSA) is 57.6 Å². The Hall–Kier alpha value is -0.130. The second-order valence-corrected chi connectivity index (χ2v) is 6.84. The molecule has 2 heterocycles. The number of fused-ring (bicyclic) bond motifs is 2. The Kier molecular flexibility index (Phi) is 2.36. The van der Waals surface area contributed by atoms with Crippen molar-refractivity contribution in [3.05, 3.63) is 0 Å². The molecule has 0 radical (unpaired) electrons. The lowest BCUT2D eigenvalue weighted by Gasteiger charge is -2.33. The predicted molar refractivity (Wildman–Crippen MR) is 53.8 cm³/mol. The molecule has 14 heavy (non-hydrogen) atoms. The largest absolute Gasteiger partial charge is 0.392 e. The van der Waals surface area contributed by atoms with Crippen LogP contribution in [-0.4, -0.2) is 54.2 Å². The van der Waals surface area contributed by atoms with Crippen LogP contribution in [-0.2, 0) is 9.84 Å². The monoisotopic (exact) mass is 219 g/mol. The molecule has 82 valence electrons. The maximum atomic E-state index is 11.5. The van der Waals surface area contributed by atoms with Crippen LogP contribution < -0.4 is 0 Å². The molecule has 2 rings (SSSR count). The summed E-state index contributed by atoms with van der Waals surface area (Å²) in [6, 6.07) is 0.218. The van der Waals surface area contributed by atoms with E-state index in [1.165, 1.54) is 0 Å². The van der Waals surface area contributed by atoms with Gasteiger partial charge in [0.15, 0.2) is 9.84 Å². The molecular weight excluding hydrogens is 202 g/mol. The third-order valence-electron chi connectivity index (χ3n) is 3.57. The lowest BCUT2D eigenvalue weighted by Crippen LogP contribution is -2.49. The average Bonchev–Trinajstić information content (AvgIpc) is 2.57. The zero-order valence-electron chi connectivity index (χ0n) is 8.55. The van der Waals surface area contributed by atoms with Crippen molar-refractivity contribution in [3.8, 4) is 0 Å². The molecule has 0 saturated carbocycles. The van der Waals surface area contributed by atoms with Gasteiger partial charge in [-0.25, -0.2) is 8.42 Å². The molecule has 0 spiro atoms. The van der Waals surface area contributed by atoms with E-state index < -0.39 is 15.9 Å². The first-order valence-corrected chi connectivity index (χ1v) is 6.78. The first kappa shape index (κ1) is 10.4. The molecule has 2 bridgehead atoms. The molecule has 2 fully saturated rings. The van der Waals surface area contributed by atoms with Gasteiger partial charge in [0.2, 0.25) is 0 Å². The van der Waals surface area contributed by atoms with Gasteiger partial charge in [-0.1, -0.05) is 0 Å². The summed E-state index contributed by atoms with van der Waals surface area (Å²) in [5.74, 6) is 0.286. The van der Waals surface area contributed by atoms with Crippen LogP contribution in [0.4, 0.5) is 0 Å². The van der Waals surface area contributed by atoms with Crippen molar-refractivity contribution in [1.29, 1.82) is 0 Å².